The summed E-state index contributed by atoms with van der Waals surface area (Å²) in [6, 6.07) is 29.0. The van der Waals surface area contributed by atoms with Gasteiger partial charge in [0.15, 0.2) is 5.76 Å². The molecule has 1 fully saturated rings. The molecule has 1 saturated carbocycles. The monoisotopic (exact) mass is 601 g/mol. The molecule has 0 unspecified atom stereocenters. The van der Waals surface area contributed by atoms with E-state index in [0.29, 0.717) is 35.5 Å². The Morgan fingerprint density at radius 3 is 2.58 bits per heavy atom. The fraction of sp³-hybridized carbons (Fsp3) is 0.316. The number of benzene rings is 3. The number of aryl methyl sites for hydroxylation is 1. The Morgan fingerprint density at radius 2 is 1.82 bits per heavy atom. The van der Waals surface area contributed by atoms with Gasteiger partial charge in [-0.2, -0.15) is 0 Å². The van der Waals surface area contributed by atoms with Crippen LogP contribution in [0.25, 0.3) is 22.4 Å². The molecule has 2 aromatic heterocycles. The molecule has 7 rings (SSSR count). The lowest BCUT2D eigenvalue weighted by atomic mass is 9.72. The van der Waals surface area contributed by atoms with Gasteiger partial charge in [-0.15, -0.1) is 0 Å². The molecule has 3 N–H and O–H groups in total. The largest absolute Gasteiger partial charge is 0.487 e. The first-order valence-corrected chi connectivity index (χ1v) is 16.0. The minimum Gasteiger partial charge on any atom is -0.487 e. The summed E-state index contributed by atoms with van der Waals surface area (Å²) in [6.07, 6.45) is 6.33. The number of furan rings is 1. The van der Waals surface area contributed by atoms with Crippen LogP contribution in [0.3, 0.4) is 0 Å². The minimum atomic E-state index is -0.843. The summed E-state index contributed by atoms with van der Waals surface area (Å²) in [5.74, 6) is 1.27. The summed E-state index contributed by atoms with van der Waals surface area (Å²) in [5, 5.41) is 19.4. The number of nitrogens with one attached hydrogen (secondary N) is 2. The second-order valence-electron chi connectivity index (χ2n) is 12.4. The number of hydrogen-bond donors (Lipinski definition) is 3. The number of hydrogen-bond acceptors (Lipinski definition) is 6. The van der Waals surface area contributed by atoms with E-state index in [1.807, 2.05) is 60.7 Å². The number of nitrogens with zero attached hydrogens (tertiary/aromatic N) is 1. The topological polar surface area (TPSA) is 96.6 Å². The number of fused-ring (bicyclic) bond motifs is 2. The Labute approximate surface area is 263 Å². The van der Waals surface area contributed by atoms with Crippen LogP contribution >= 0.6 is 0 Å². The van der Waals surface area contributed by atoms with E-state index in [1.54, 1.807) is 18.4 Å². The van der Waals surface area contributed by atoms with Crippen LogP contribution in [0.4, 0.5) is 0 Å². The highest BCUT2D eigenvalue weighted by atomic mass is 16.5. The quantitative estimate of drug-likeness (QED) is 0.163. The molecule has 2 aliphatic rings. The Balaban J connectivity index is 1.15. The van der Waals surface area contributed by atoms with Gasteiger partial charge in [0.25, 0.3) is 5.91 Å². The average Bonchev–Trinajstić information content (AvgIpc) is 3.61. The molecule has 3 atom stereocenters. The molecule has 1 aliphatic heterocycles. The highest BCUT2D eigenvalue weighted by molar-refractivity contribution is 6.07. The van der Waals surface area contributed by atoms with Crippen LogP contribution in [0.1, 0.15) is 65.7 Å². The van der Waals surface area contributed by atoms with Crippen molar-refractivity contribution in [2.75, 3.05) is 6.54 Å². The first kappa shape index (κ1) is 29.3. The number of ether oxygens (including phenoxy) is 1. The predicted molar refractivity (Wildman–Crippen MR) is 175 cm³/mol. The highest BCUT2D eigenvalue weighted by Crippen LogP contribution is 2.49. The van der Waals surface area contributed by atoms with E-state index in [2.05, 4.69) is 35.8 Å². The van der Waals surface area contributed by atoms with Crippen LogP contribution in [-0.4, -0.2) is 40.3 Å². The number of pyridine rings is 1. The Bertz CT molecular complexity index is 1780. The number of amides is 1. The number of aliphatic hydroxyl groups excluding tert-OH is 1. The fourth-order valence-electron chi connectivity index (χ4n) is 6.72. The third kappa shape index (κ3) is 6.10. The number of para-hydroxylation sites is 1. The summed E-state index contributed by atoms with van der Waals surface area (Å²) in [4.78, 5) is 18.8. The molecule has 5 aromatic rings. The zero-order valence-corrected chi connectivity index (χ0v) is 25.5. The van der Waals surface area contributed by atoms with Gasteiger partial charge in [-0.3, -0.25) is 4.79 Å². The maximum absolute atomic E-state index is 14.0. The zero-order chi connectivity index (χ0) is 30.8. The number of carbonyl (C=O) groups is 1. The highest BCUT2D eigenvalue weighted by Gasteiger charge is 2.45. The molecule has 0 bridgehead atoms. The third-order valence-electron chi connectivity index (χ3n) is 9.41. The second kappa shape index (κ2) is 12.5. The number of aromatic nitrogens is 1. The van der Waals surface area contributed by atoms with Gasteiger partial charge in [0.2, 0.25) is 0 Å². The van der Waals surface area contributed by atoms with Gasteiger partial charge in [-0.1, -0.05) is 67.6 Å². The van der Waals surface area contributed by atoms with Gasteiger partial charge in [0.1, 0.15) is 17.0 Å². The van der Waals surface area contributed by atoms with E-state index in [9.17, 15) is 9.90 Å². The summed E-state index contributed by atoms with van der Waals surface area (Å²) < 4.78 is 12.1. The molecular formula is C38H39N3O4. The van der Waals surface area contributed by atoms with Crippen LogP contribution in [-0.2, 0) is 12.8 Å². The lowest BCUT2D eigenvalue weighted by molar-refractivity contribution is -0.0382. The molecule has 3 aromatic carbocycles. The van der Waals surface area contributed by atoms with Crippen molar-refractivity contribution in [1.82, 2.24) is 15.6 Å². The van der Waals surface area contributed by atoms with Gasteiger partial charge in [-0.05, 0) is 73.6 Å². The first-order chi connectivity index (χ1) is 22.0. The van der Waals surface area contributed by atoms with Crippen LogP contribution < -0.4 is 15.4 Å². The molecule has 0 radical (unpaired) electrons. The van der Waals surface area contributed by atoms with Crippen molar-refractivity contribution in [1.29, 1.82) is 0 Å². The molecule has 7 heteroatoms. The van der Waals surface area contributed by atoms with Crippen molar-refractivity contribution >= 4 is 16.8 Å². The van der Waals surface area contributed by atoms with Gasteiger partial charge in [0.05, 0.1) is 29.5 Å². The molecule has 1 amide bonds. The molecule has 0 saturated heterocycles. The van der Waals surface area contributed by atoms with E-state index in [4.69, 9.17) is 14.1 Å². The van der Waals surface area contributed by atoms with Gasteiger partial charge >= 0.3 is 0 Å². The molecule has 1 spiro atoms. The van der Waals surface area contributed by atoms with Crippen LogP contribution in [0, 0.1) is 0 Å². The van der Waals surface area contributed by atoms with Gasteiger partial charge in [0, 0.05) is 30.0 Å². The number of rotatable bonds is 10. The predicted octanol–water partition coefficient (Wildman–Crippen LogP) is 6.80. The van der Waals surface area contributed by atoms with Crippen molar-refractivity contribution in [3.8, 4) is 17.2 Å². The standard InChI is InChI=1S/C38H39N3O4/c1-2-25-15-16-35-29(20-25)33(23-38(45-35)17-9-18-38)39-24-34(42)31(21-26-10-4-3-5-11-26)41-37(43)28-22-32(36-14-8-19-44-36)40-30-13-7-6-12-27(28)30/h3-8,10-16,19-20,22,31,33-34,39,42H,2,9,17-18,21,23-24H2,1H3,(H,41,43)/t31-,33-,34-/m0/s1. The molecule has 1 aliphatic carbocycles. The number of carbonyl (C=O) groups excluding carboxylic acids is 1. The van der Waals surface area contributed by atoms with E-state index in [1.165, 1.54) is 12.0 Å². The lowest BCUT2D eigenvalue weighted by Crippen LogP contribution is -2.52. The fourth-order valence-corrected chi connectivity index (χ4v) is 6.72. The molecule has 7 nitrogen and oxygen atoms in total. The van der Waals surface area contributed by atoms with Crippen molar-refractivity contribution in [3.05, 3.63) is 120 Å². The van der Waals surface area contributed by atoms with E-state index >= 15 is 0 Å². The molecular weight excluding hydrogens is 562 g/mol. The Kier molecular flexibility index (Phi) is 8.13. The van der Waals surface area contributed by atoms with Crippen molar-refractivity contribution in [2.45, 2.75) is 69.2 Å². The van der Waals surface area contributed by atoms with Crippen LogP contribution in [0.15, 0.2) is 102 Å². The van der Waals surface area contributed by atoms with Crippen molar-refractivity contribution in [3.63, 3.8) is 0 Å². The maximum Gasteiger partial charge on any atom is 0.252 e. The van der Waals surface area contributed by atoms with Gasteiger partial charge < -0.3 is 24.9 Å². The van der Waals surface area contributed by atoms with E-state index in [-0.39, 0.29) is 17.6 Å². The van der Waals surface area contributed by atoms with Gasteiger partial charge in [-0.25, -0.2) is 4.98 Å². The van der Waals surface area contributed by atoms with Crippen LogP contribution in [0.5, 0.6) is 5.75 Å². The maximum atomic E-state index is 14.0. The zero-order valence-electron chi connectivity index (χ0n) is 25.5. The lowest BCUT2D eigenvalue weighted by Gasteiger charge is -2.48. The molecule has 230 valence electrons. The molecule has 3 heterocycles. The van der Waals surface area contributed by atoms with Crippen LogP contribution in [0.2, 0.25) is 0 Å². The molecule has 45 heavy (non-hydrogen) atoms. The first-order valence-electron chi connectivity index (χ1n) is 16.0. The SMILES string of the molecule is CCc1ccc2c(c1)[C@@H](NC[C@H](O)[C@H](Cc1ccccc1)NC(=O)c1cc(-c3ccco3)nc3ccccc13)CC1(CCC1)O2. The summed E-state index contributed by atoms with van der Waals surface area (Å²) in [6.45, 7) is 2.48. The summed E-state index contributed by atoms with van der Waals surface area (Å²) in [7, 11) is 0. The third-order valence-corrected chi connectivity index (χ3v) is 9.41. The normalized spacial score (nSPS) is 18.0. The Morgan fingerprint density at radius 1 is 1.00 bits per heavy atom. The summed E-state index contributed by atoms with van der Waals surface area (Å²) in [5.41, 5.74) is 5.10. The minimum absolute atomic E-state index is 0.0586. The van der Waals surface area contributed by atoms with E-state index in [0.717, 1.165) is 47.9 Å². The Hall–Kier alpha value is -4.46. The van der Waals surface area contributed by atoms with Crippen molar-refractivity contribution in [2.24, 2.45) is 0 Å². The second-order valence-corrected chi connectivity index (χ2v) is 12.4. The summed E-state index contributed by atoms with van der Waals surface area (Å²) >= 11 is 0. The number of aliphatic hydroxyl groups is 1. The average molecular weight is 602 g/mol. The van der Waals surface area contributed by atoms with Crippen molar-refractivity contribution < 1.29 is 19.1 Å². The van der Waals surface area contributed by atoms with E-state index < -0.39 is 12.1 Å². The smallest absolute Gasteiger partial charge is 0.252 e.